The van der Waals surface area contributed by atoms with Gasteiger partial charge in [0.2, 0.25) is 5.43 Å². The zero-order valence-corrected chi connectivity index (χ0v) is 48.6. The molecule has 3 saturated heterocycles. The number of pyridine rings is 1. The number of benzene rings is 1. The molecular weight excluding hydrogens is 1040 g/mol. The van der Waals surface area contributed by atoms with Crippen molar-refractivity contribution in [3.05, 3.63) is 45.7 Å². The highest BCUT2D eigenvalue weighted by molar-refractivity contribution is 5.93. The SMILES string of the molecule is CO[C@]1(C)C[C@H](O[C@H]2[C@H](C)[C@H]3O[C@@H]4O[C@H](CCN(C)CCO/N=C(\[C@H](C)C[C@@]3(C)O)[C@@H](O)[C@@]3(O)CC[C@H]3OC(=O)[C@@H]2C)C[C@H](N(C)C)[C@H]4O)O[C@@H](C)[C@@H]1OC(=O)NCCOCCCc1ccc2c(c1)c(=O)c(C(=O)O)cn2N(C)C. The van der Waals surface area contributed by atoms with Crippen molar-refractivity contribution in [2.75, 3.05) is 86.8 Å². The van der Waals surface area contributed by atoms with Crippen LogP contribution in [0.5, 0.6) is 0 Å². The number of ether oxygens (including phenoxy) is 8. The second kappa shape index (κ2) is 26.3. The maximum atomic E-state index is 14.5. The van der Waals surface area contributed by atoms with Gasteiger partial charge in [0.25, 0.3) is 0 Å². The van der Waals surface area contributed by atoms with E-state index in [1.807, 2.05) is 32.1 Å². The monoisotopic (exact) mass is 1130 g/mol. The Morgan fingerprint density at radius 1 is 0.975 bits per heavy atom. The predicted octanol–water partition coefficient (Wildman–Crippen LogP) is 2.23. The quantitative estimate of drug-likeness (QED) is 0.117. The van der Waals surface area contributed by atoms with E-state index in [0.29, 0.717) is 56.3 Å². The van der Waals surface area contributed by atoms with Crippen LogP contribution in [-0.4, -0.2) is 230 Å². The summed E-state index contributed by atoms with van der Waals surface area (Å²) in [5.41, 5.74) is -4.35. The van der Waals surface area contributed by atoms with Crippen LogP contribution in [0.4, 0.5) is 4.79 Å². The number of carboxylic acids is 1. The highest BCUT2D eigenvalue weighted by Crippen LogP contribution is 2.44. The molecule has 4 fully saturated rings. The van der Waals surface area contributed by atoms with Crippen LogP contribution < -0.4 is 15.8 Å². The van der Waals surface area contributed by atoms with Gasteiger partial charge in [-0.1, -0.05) is 25.1 Å². The Labute approximate surface area is 468 Å². The van der Waals surface area contributed by atoms with E-state index in [9.17, 15) is 44.7 Å². The summed E-state index contributed by atoms with van der Waals surface area (Å²) in [6.07, 6.45) is -7.73. The Hall–Kier alpha value is -4.57. The summed E-state index contributed by atoms with van der Waals surface area (Å²) in [6.45, 7) is 12.0. The fraction of sp³-hybridized carbons (Fsp3) is 0.768. The second-order valence-corrected chi connectivity index (χ2v) is 23.6. The molecule has 1 aromatic heterocycles. The number of carbonyl (C=O) groups is 3. The number of aliphatic hydroxyl groups excluding tert-OH is 2. The summed E-state index contributed by atoms with van der Waals surface area (Å²) in [6, 6.07) is 5.00. The number of alkyl carbamates (subject to hydrolysis) is 1. The molecular formula is C56H88N6O18. The Kier molecular flexibility index (Phi) is 20.8. The fourth-order valence-corrected chi connectivity index (χ4v) is 12.1. The number of likely N-dealkylation sites (N-methyl/N-ethyl adjacent to an activating group) is 2. The normalized spacial score (nSPS) is 37.4. The topological polar surface area (TPSA) is 292 Å². The van der Waals surface area contributed by atoms with Crippen molar-refractivity contribution in [2.24, 2.45) is 22.9 Å². The first-order valence-corrected chi connectivity index (χ1v) is 28.0. The smallest absolute Gasteiger partial charge is 0.407 e. The van der Waals surface area contributed by atoms with Gasteiger partial charge in [-0.05, 0) is 111 Å². The van der Waals surface area contributed by atoms with Gasteiger partial charge in [0.05, 0.1) is 53.8 Å². The molecule has 1 saturated carbocycles. The van der Waals surface area contributed by atoms with E-state index in [2.05, 4.69) is 15.4 Å². The lowest BCUT2D eigenvalue weighted by atomic mass is 9.69. The molecule has 0 unspecified atom stereocenters. The highest BCUT2D eigenvalue weighted by atomic mass is 16.7. The average molecular weight is 1130 g/mol. The molecule has 0 radical (unpaired) electrons. The molecule has 6 N–H and O–H groups in total. The number of methoxy groups -OCH3 is 1. The van der Waals surface area contributed by atoms with Gasteiger partial charge in [0.1, 0.15) is 41.7 Å². The molecule has 5 heterocycles. The molecule has 4 bridgehead atoms. The van der Waals surface area contributed by atoms with Crippen molar-refractivity contribution < 1.29 is 82.6 Å². The van der Waals surface area contributed by atoms with Crippen molar-refractivity contribution in [1.29, 1.82) is 0 Å². The molecule has 0 spiro atoms. The molecule has 24 heteroatoms. The van der Waals surface area contributed by atoms with Gasteiger partial charge in [-0.3, -0.25) is 14.3 Å². The van der Waals surface area contributed by atoms with Crippen molar-refractivity contribution in [2.45, 2.75) is 177 Å². The number of aromatic nitrogens is 1. The van der Waals surface area contributed by atoms with E-state index in [-0.39, 0.29) is 68.9 Å². The number of esters is 1. The number of fused-ring (bicyclic) bond motifs is 8. The van der Waals surface area contributed by atoms with Crippen LogP contribution in [0.2, 0.25) is 0 Å². The minimum atomic E-state index is -1.92. The Bertz CT molecular complexity index is 2550. The van der Waals surface area contributed by atoms with Crippen molar-refractivity contribution >= 4 is 34.6 Å². The molecule has 450 valence electrons. The van der Waals surface area contributed by atoms with Crippen LogP contribution in [0.25, 0.3) is 10.9 Å². The van der Waals surface area contributed by atoms with Crippen molar-refractivity contribution in [1.82, 2.24) is 19.8 Å². The summed E-state index contributed by atoms with van der Waals surface area (Å²) in [5.74, 6) is -4.81. The summed E-state index contributed by atoms with van der Waals surface area (Å²) in [5, 5.41) is 67.7. The van der Waals surface area contributed by atoms with Gasteiger partial charge < -0.3 is 88.4 Å². The Balaban J connectivity index is 1.05. The van der Waals surface area contributed by atoms with Gasteiger partial charge in [-0.2, -0.15) is 0 Å². The number of carbonyl (C=O) groups excluding carboxylic acids is 2. The molecule has 2 aromatic rings. The number of amides is 1. The lowest BCUT2D eigenvalue weighted by Gasteiger charge is -2.49. The number of aliphatic hydroxyl groups is 4. The third-order valence-electron chi connectivity index (χ3n) is 17.0. The predicted molar refractivity (Wildman–Crippen MR) is 292 cm³/mol. The minimum absolute atomic E-state index is 0.00201. The van der Waals surface area contributed by atoms with Gasteiger partial charge >= 0.3 is 18.0 Å². The summed E-state index contributed by atoms with van der Waals surface area (Å²) in [4.78, 5) is 62.5. The zero-order chi connectivity index (χ0) is 58.6. The number of nitrogens with one attached hydrogen (secondary N) is 1. The first-order chi connectivity index (χ1) is 37.7. The van der Waals surface area contributed by atoms with E-state index >= 15 is 0 Å². The number of aryl methyl sites for hydroxylation is 1. The van der Waals surface area contributed by atoms with Crippen LogP contribution in [0, 0.1) is 17.8 Å². The van der Waals surface area contributed by atoms with Crippen molar-refractivity contribution in [3.63, 3.8) is 0 Å². The number of rotatable bonds is 14. The number of hydrogen-bond donors (Lipinski definition) is 6. The van der Waals surface area contributed by atoms with E-state index in [1.165, 1.54) is 13.3 Å². The maximum absolute atomic E-state index is 14.5. The Morgan fingerprint density at radius 3 is 2.38 bits per heavy atom. The number of nitrogens with zero attached hydrogens (tertiary/aromatic N) is 5. The Morgan fingerprint density at radius 2 is 1.71 bits per heavy atom. The largest absolute Gasteiger partial charge is 0.477 e. The van der Waals surface area contributed by atoms with E-state index in [0.717, 1.165) is 5.56 Å². The second-order valence-electron chi connectivity index (χ2n) is 23.6. The van der Waals surface area contributed by atoms with Crippen LogP contribution in [0.1, 0.15) is 102 Å². The van der Waals surface area contributed by atoms with E-state index in [4.69, 9.17) is 42.7 Å². The van der Waals surface area contributed by atoms with Gasteiger partial charge in [-0.25, -0.2) is 9.59 Å². The number of carboxylic acid groups (broad SMARTS) is 1. The molecule has 7 rings (SSSR count). The fourth-order valence-electron chi connectivity index (χ4n) is 12.1. The molecule has 1 aromatic carbocycles. The van der Waals surface area contributed by atoms with E-state index in [1.54, 1.807) is 77.5 Å². The summed E-state index contributed by atoms with van der Waals surface area (Å²) < 4.78 is 52.4. The van der Waals surface area contributed by atoms with Crippen LogP contribution in [0.15, 0.2) is 34.3 Å². The van der Waals surface area contributed by atoms with E-state index < -0.39 is 113 Å². The minimum Gasteiger partial charge on any atom is -0.477 e. The van der Waals surface area contributed by atoms with Crippen molar-refractivity contribution in [3.8, 4) is 0 Å². The van der Waals surface area contributed by atoms with Gasteiger partial charge in [0, 0.05) is 83.3 Å². The maximum Gasteiger partial charge on any atom is 0.407 e. The number of hydrogen-bond acceptors (Lipinski definition) is 21. The lowest BCUT2D eigenvalue weighted by molar-refractivity contribution is -0.318. The zero-order valence-electron chi connectivity index (χ0n) is 48.6. The molecule has 1 aliphatic carbocycles. The van der Waals surface area contributed by atoms with Gasteiger partial charge in [-0.15, -0.1) is 0 Å². The lowest BCUT2D eigenvalue weighted by Crippen LogP contribution is -2.64. The first-order valence-electron chi connectivity index (χ1n) is 28.0. The highest BCUT2D eigenvalue weighted by Gasteiger charge is 2.58. The molecule has 4 aliphatic heterocycles. The molecule has 1 amide bonds. The third kappa shape index (κ3) is 14.1. The number of oxime groups is 1. The van der Waals surface area contributed by atoms with Crippen LogP contribution in [0.3, 0.4) is 0 Å². The molecule has 5 aliphatic rings. The summed E-state index contributed by atoms with van der Waals surface area (Å²) >= 11 is 0. The van der Waals surface area contributed by atoms with Crippen LogP contribution >= 0.6 is 0 Å². The van der Waals surface area contributed by atoms with Crippen LogP contribution in [-0.2, 0) is 53.9 Å². The third-order valence-corrected chi connectivity index (χ3v) is 17.0. The first kappa shape index (κ1) is 63.0. The number of aromatic carboxylic acids is 1. The van der Waals surface area contributed by atoms with Gasteiger partial charge in [0.15, 0.2) is 18.7 Å². The summed E-state index contributed by atoms with van der Waals surface area (Å²) in [7, 11) is 10.7. The average Bonchev–Trinajstić information content (AvgIpc) is 3.40. The molecule has 17 atom stereocenters. The molecule has 80 heavy (non-hydrogen) atoms. The standard InChI is InChI=1S/C56H88N6O18/c1-31-28-54(5,70)48-32(2)46(33(3)51(68)77-41-17-19-56(41,71)47(65)43(31)58-74-25-22-61(11)21-18-36-27-40(59(7)8)45(64)52(76-36)79-48)78-42-29-55(6,72-12)49(34(4)75-42)80-53(69)57-20-24-73-23-13-14-35-15-16-39-37(26-35)44(63)38(50(66)67)30-62(39)60(9)10/h15-16,26,30-34,36,40-42,45-49,52,64-65,70-71H,13-14,17-25,27-29H2,1-12H3,(H,57,69)(H,66,67)/b58-43+/t31-,32+,33-,34+,36-,40+,41-,42+,45-,46+,47-,48-,49+,52+,54-,55-,56-/m1/s1. The molecule has 24 nitrogen and oxygen atoms in total.